The maximum Gasteiger partial charge on any atom is 0.323 e. The number of likely N-dealkylation sites (N-methyl/N-ethyl adjacent to an activating group) is 1. The van der Waals surface area contributed by atoms with Crippen molar-refractivity contribution in [2.75, 3.05) is 50.2 Å². The average Bonchev–Trinajstić information content (AvgIpc) is 3.02. The Labute approximate surface area is 271 Å². The molecule has 0 unspecified atom stereocenters. The van der Waals surface area contributed by atoms with Crippen LogP contribution >= 0.6 is 0 Å². The molecule has 0 saturated carbocycles. The highest BCUT2D eigenvalue weighted by Gasteiger charge is 2.31. The number of carbonyl (C=O) groups excluding carboxylic acids is 2. The SMILES string of the molecule is C[C@@H]1CCCCO[C@H](CN(C)S(C)(=O)=O)[C@@H](C)CN([C@@H](C)CO)C(=O)c2cc(NC(=O)Nc3cccc4ccccc34)ccc2O1. The van der Waals surface area contributed by atoms with Gasteiger partial charge < -0.3 is 30.1 Å². The second-order valence-electron chi connectivity index (χ2n) is 12.2. The molecule has 250 valence electrons. The van der Waals surface area contributed by atoms with Crippen LogP contribution in [0, 0.1) is 5.92 Å². The number of ether oxygens (including phenoxy) is 2. The summed E-state index contributed by atoms with van der Waals surface area (Å²) in [5.74, 6) is -0.288. The summed E-state index contributed by atoms with van der Waals surface area (Å²) in [6, 6.07) is 17.3. The summed E-state index contributed by atoms with van der Waals surface area (Å²) < 4.78 is 38.1. The molecule has 0 saturated heterocycles. The largest absolute Gasteiger partial charge is 0.490 e. The molecule has 0 spiro atoms. The van der Waals surface area contributed by atoms with Gasteiger partial charge in [0.2, 0.25) is 10.0 Å². The molecule has 3 aromatic carbocycles. The van der Waals surface area contributed by atoms with Crippen LogP contribution in [0.2, 0.25) is 0 Å². The van der Waals surface area contributed by atoms with Gasteiger partial charge in [-0.05, 0) is 62.8 Å². The van der Waals surface area contributed by atoms with E-state index in [1.54, 1.807) is 30.0 Å². The van der Waals surface area contributed by atoms with Gasteiger partial charge in [0.25, 0.3) is 5.91 Å². The predicted molar refractivity (Wildman–Crippen MR) is 181 cm³/mol. The number of amides is 3. The number of fused-ring (bicyclic) bond motifs is 2. The lowest BCUT2D eigenvalue weighted by Crippen LogP contribution is -2.47. The van der Waals surface area contributed by atoms with Gasteiger partial charge >= 0.3 is 6.03 Å². The molecular weight excluding hydrogens is 608 g/mol. The van der Waals surface area contributed by atoms with E-state index >= 15 is 0 Å². The van der Waals surface area contributed by atoms with E-state index in [2.05, 4.69) is 10.6 Å². The number of nitrogens with zero attached hydrogens (tertiary/aromatic N) is 2. The highest BCUT2D eigenvalue weighted by atomic mass is 32.2. The van der Waals surface area contributed by atoms with Gasteiger partial charge in [0, 0.05) is 43.7 Å². The van der Waals surface area contributed by atoms with Crippen LogP contribution in [0.15, 0.2) is 60.7 Å². The van der Waals surface area contributed by atoms with Gasteiger partial charge in [0.15, 0.2) is 0 Å². The normalized spacial score (nSPS) is 20.8. The molecule has 1 aliphatic heterocycles. The molecule has 12 heteroatoms. The summed E-state index contributed by atoms with van der Waals surface area (Å²) in [6.07, 6.45) is 2.74. The van der Waals surface area contributed by atoms with Crippen LogP contribution in [-0.2, 0) is 14.8 Å². The molecule has 4 atom stereocenters. The third-order valence-electron chi connectivity index (χ3n) is 8.35. The summed E-state index contributed by atoms with van der Waals surface area (Å²) in [5, 5.41) is 17.8. The molecule has 0 bridgehead atoms. The molecule has 0 aliphatic carbocycles. The molecule has 3 amide bonds. The lowest BCUT2D eigenvalue weighted by Gasteiger charge is -2.35. The Balaban J connectivity index is 1.64. The van der Waals surface area contributed by atoms with Crippen LogP contribution < -0.4 is 15.4 Å². The van der Waals surface area contributed by atoms with E-state index in [0.717, 1.165) is 29.9 Å². The second-order valence-corrected chi connectivity index (χ2v) is 14.2. The third-order valence-corrected chi connectivity index (χ3v) is 9.63. The number of rotatable bonds is 7. The van der Waals surface area contributed by atoms with Gasteiger partial charge in [0.1, 0.15) is 5.75 Å². The highest BCUT2D eigenvalue weighted by molar-refractivity contribution is 7.88. The summed E-state index contributed by atoms with van der Waals surface area (Å²) in [5.41, 5.74) is 1.28. The van der Waals surface area contributed by atoms with E-state index < -0.39 is 28.2 Å². The van der Waals surface area contributed by atoms with Gasteiger partial charge in [-0.25, -0.2) is 17.5 Å². The van der Waals surface area contributed by atoms with Crippen molar-refractivity contribution in [3.05, 3.63) is 66.2 Å². The monoisotopic (exact) mass is 654 g/mol. The molecule has 0 radical (unpaired) electrons. The van der Waals surface area contributed by atoms with Crippen LogP contribution in [0.1, 0.15) is 50.4 Å². The van der Waals surface area contributed by atoms with Gasteiger partial charge in [-0.15, -0.1) is 0 Å². The van der Waals surface area contributed by atoms with Gasteiger partial charge in [-0.2, -0.15) is 0 Å². The standard InChI is InChI=1S/C34H46N4O7S/c1-23-20-38(24(2)22-39)33(40)29-19-27(35-34(41)36-30-15-10-13-26-12-6-7-14-28(26)30)16-17-31(29)45-25(3)11-8-9-18-44-32(23)21-37(4)46(5,42)43/h6-7,10,12-17,19,23-25,32,39H,8-9,11,18,20-22H2,1-5H3,(H2,35,36,41)/t23-,24-,25+,32+/m0/s1. The minimum atomic E-state index is -3.45. The molecule has 4 rings (SSSR count). The first kappa shape index (κ1) is 35.1. The zero-order chi connectivity index (χ0) is 33.4. The first-order valence-corrected chi connectivity index (χ1v) is 17.5. The Hall–Kier alpha value is -3.71. The Morgan fingerprint density at radius 2 is 1.83 bits per heavy atom. The number of carbonyl (C=O) groups is 2. The maximum atomic E-state index is 14.3. The summed E-state index contributed by atoms with van der Waals surface area (Å²) in [6.45, 7) is 6.06. The van der Waals surface area contributed by atoms with Gasteiger partial charge in [-0.1, -0.05) is 43.3 Å². The molecule has 0 aromatic heterocycles. The number of benzene rings is 3. The number of hydrogen-bond acceptors (Lipinski definition) is 7. The molecule has 1 heterocycles. The Morgan fingerprint density at radius 1 is 1.09 bits per heavy atom. The van der Waals surface area contributed by atoms with Crippen LogP contribution in [0.3, 0.4) is 0 Å². The Kier molecular flexibility index (Phi) is 12.0. The second kappa shape index (κ2) is 15.7. The first-order valence-electron chi connectivity index (χ1n) is 15.7. The molecule has 46 heavy (non-hydrogen) atoms. The molecule has 1 aliphatic rings. The molecule has 0 fully saturated rings. The fourth-order valence-corrected chi connectivity index (χ4v) is 5.89. The van der Waals surface area contributed by atoms with Crippen molar-refractivity contribution in [3.63, 3.8) is 0 Å². The summed E-state index contributed by atoms with van der Waals surface area (Å²) in [4.78, 5) is 29.0. The van der Waals surface area contributed by atoms with E-state index in [9.17, 15) is 23.1 Å². The summed E-state index contributed by atoms with van der Waals surface area (Å²) >= 11 is 0. The first-order chi connectivity index (χ1) is 21.9. The predicted octanol–water partition coefficient (Wildman–Crippen LogP) is 5.17. The van der Waals surface area contributed by atoms with E-state index in [0.29, 0.717) is 30.2 Å². The number of aliphatic hydroxyl groups excluding tert-OH is 1. The number of aliphatic hydroxyl groups is 1. The lowest BCUT2D eigenvalue weighted by atomic mass is 10.0. The number of nitrogens with one attached hydrogen (secondary N) is 2. The van der Waals surface area contributed by atoms with Crippen LogP contribution in [0.5, 0.6) is 5.75 Å². The lowest BCUT2D eigenvalue weighted by molar-refractivity contribution is -0.00828. The van der Waals surface area contributed by atoms with Crippen LogP contribution in [0.25, 0.3) is 10.8 Å². The highest BCUT2D eigenvalue weighted by Crippen LogP contribution is 2.29. The van der Waals surface area contributed by atoms with E-state index in [4.69, 9.17) is 9.47 Å². The molecular formula is C34H46N4O7S. The zero-order valence-electron chi connectivity index (χ0n) is 27.2. The van der Waals surface area contributed by atoms with Gasteiger partial charge in [-0.3, -0.25) is 4.79 Å². The van der Waals surface area contributed by atoms with Crippen molar-refractivity contribution in [1.82, 2.24) is 9.21 Å². The van der Waals surface area contributed by atoms with Crippen molar-refractivity contribution in [2.24, 2.45) is 5.92 Å². The number of hydrogen-bond donors (Lipinski definition) is 3. The quantitative estimate of drug-likeness (QED) is 0.320. The fourth-order valence-electron chi connectivity index (χ4n) is 5.47. The topological polar surface area (TPSA) is 138 Å². The van der Waals surface area contributed by atoms with Crippen LogP contribution in [0.4, 0.5) is 16.2 Å². The van der Waals surface area contributed by atoms with E-state index in [-0.39, 0.29) is 43.2 Å². The number of sulfonamides is 1. The van der Waals surface area contributed by atoms with Crippen molar-refractivity contribution in [2.45, 2.75) is 58.3 Å². The molecule has 3 aromatic rings. The van der Waals surface area contributed by atoms with E-state index in [1.165, 1.54) is 11.4 Å². The fraction of sp³-hybridized carbons (Fsp3) is 0.471. The summed E-state index contributed by atoms with van der Waals surface area (Å²) in [7, 11) is -1.94. The molecule has 3 N–H and O–H groups in total. The minimum Gasteiger partial charge on any atom is -0.490 e. The third kappa shape index (κ3) is 9.18. The van der Waals surface area contributed by atoms with Crippen molar-refractivity contribution in [3.8, 4) is 5.75 Å². The zero-order valence-corrected chi connectivity index (χ0v) is 28.0. The number of urea groups is 1. The average molecular weight is 655 g/mol. The van der Waals surface area contributed by atoms with Crippen LogP contribution in [-0.4, -0.2) is 92.5 Å². The van der Waals surface area contributed by atoms with Crippen molar-refractivity contribution < 1.29 is 32.6 Å². The molecule has 11 nitrogen and oxygen atoms in total. The van der Waals surface area contributed by atoms with Gasteiger partial charge in [0.05, 0.1) is 42.4 Å². The smallest absolute Gasteiger partial charge is 0.323 e. The van der Waals surface area contributed by atoms with Crippen molar-refractivity contribution in [1.29, 1.82) is 0 Å². The Bertz CT molecular complexity index is 1610. The van der Waals surface area contributed by atoms with E-state index in [1.807, 2.05) is 56.3 Å². The maximum absolute atomic E-state index is 14.3. The Morgan fingerprint density at radius 3 is 2.57 bits per heavy atom. The van der Waals surface area contributed by atoms with Crippen molar-refractivity contribution >= 4 is 44.1 Å². The number of anilines is 2. The minimum absolute atomic E-state index is 0.130.